The zero-order valence-electron chi connectivity index (χ0n) is 13.3. The second kappa shape index (κ2) is 8.52. The SMILES string of the molecule is CN(CCNC(=O)COc1ccccc1[N+](=O)[O-])c1ccccc1. The number of nitro groups is 1. The van der Waals surface area contributed by atoms with Gasteiger partial charge in [0.2, 0.25) is 0 Å². The predicted octanol–water partition coefficient (Wildman–Crippen LogP) is 2.23. The molecule has 0 fully saturated rings. The van der Waals surface area contributed by atoms with Crippen LogP contribution < -0.4 is 15.0 Å². The van der Waals surface area contributed by atoms with Crippen molar-refractivity contribution in [3.63, 3.8) is 0 Å². The number of carbonyl (C=O) groups excluding carboxylic acids is 1. The van der Waals surface area contributed by atoms with Gasteiger partial charge >= 0.3 is 5.69 Å². The lowest BCUT2D eigenvalue weighted by atomic mass is 10.3. The van der Waals surface area contributed by atoms with Crippen LogP contribution in [0, 0.1) is 10.1 Å². The third kappa shape index (κ3) is 4.98. The molecule has 0 radical (unpaired) electrons. The minimum Gasteiger partial charge on any atom is -0.477 e. The van der Waals surface area contributed by atoms with Gasteiger partial charge in [-0.3, -0.25) is 14.9 Å². The number of ether oxygens (including phenoxy) is 1. The summed E-state index contributed by atoms with van der Waals surface area (Å²) in [5.41, 5.74) is 0.900. The molecule has 0 aliphatic carbocycles. The number of nitrogens with zero attached hydrogens (tertiary/aromatic N) is 2. The molecule has 0 aliphatic heterocycles. The lowest BCUT2D eigenvalue weighted by Crippen LogP contribution is -2.35. The molecule has 1 amide bonds. The highest BCUT2D eigenvalue weighted by Crippen LogP contribution is 2.25. The van der Waals surface area contributed by atoms with Gasteiger partial charge in [0.15, 0.2) is 12.4 Å². The van der Waals surface area contributed by atoms with Crippen molar-refractivity contribution in [2.75, 3.05) is 31.6 Å². The fourth-order valence-electron chi connectivity index (χ4n) is 2.10. The maximum Gasteiger partial charge on any atom is 0.310 e. The Morgan fingerprint density at radius 3 is 2.54 bits per heavy atom. The van der Waals surface area contributed by atoms with Crippen molar-refractivity contribution in [1.82, 2.24) is 5.32 Å². The van der Waals surface area contributed by atoms with Crippen LogP contribution in [0.5, 0.6) is 5.75 Å². The smallest absolute Gasteiger partial charge is 0.310 e. The lowest BCUT2D eigenvalue weighted by Gasteiger charge is -2.19. The highest BCUT2D eigenvalue weighted by Gasteiger charge is 2.14. The number of carbonyl (C=O) groups is 1. The fraction of sp³-hybridized carbons (Fsp3) is 0.235. The predicted molar refractivity (Wildman–Crippen MR) is 91.3 cm³/mol. The topological polar surface area (TPSA) is 84.7 Å². The summed E-state index contributed by atoms with van der Waals surface area (Å²) in [7, 11) is 1.94. The summed E-state index contributed by atoms with van der Waals surface area (Å²) in [5, 5.41) is 13.6. The molecular weight excluding hydrogens is 310 g/mol. The Hall–Kier alpha value is -3.09. The normalized spacial score (nSPS) is 10.0. The summed E-state index contributed by atoms with van der Waals surface area (Å²) in [6.45, 7) is 0.825. The average molecular weight is 329 g/mol. The van der Waals surface area contributed by atoms with Gasteiger partial charge in [0.25, 0.3) is 5.91 Å². The molecule has 0 saturated heterocycles. The van der Waals surface area contributed by atoms with Crippen LogP contribution in [0.4, 0.5) is 11.4 Å². The Bertz CT molecular complexity index is 691. The van der Waals surface area contributed by atoms with Crippen molar-refractivity contribution >= 4 is 17.3 Å². The Morgan fingerprint density at radius 1 is 1.17 bits per heavy atom. The van der Waals surface area contributed by atoms with Gasteiger partial charge in [0, 0.05) is 31.9 Å². The number of likely N-dealkylation sites (N-methyl/N-ethyl adjacent to an activating group) is 1. The van der Waals surface area contributed by atoms with Gasteiger partial charge < -0.3 is 15.0 Å². The van der Waals surface area contributed by atoms with Crippen LogP contribution >= 0.6 is 0 Å². The zero-order chi connectivity index (χ0) is 17.4. The molecule has 0 aliphatic rings. The van der Waals surface area contributed by atoms with Crippen molar-refractivity contribution in [1.29, 1.82) is 0 Å². The van der Waals surface area contributed by atoms with E-state index in [-0.39, 0.29) is 24.0 Å². The number of amides is 1. The molecule has 2 aromatic rings. The molecule has 0 aromatic heterocycles. The van der Waals surface area contributed by atoms with Gasteiger partial charge in [0.05, 0.1) is 4.92 Å². The number of anilines is 1. The first-order chi connectivity index (χ1) is 11.6. The molecule has 1 N–H and O–H groups in total. The summed E-state index contributed by atoms with van der Waals surface area (Å²) < 4.78 is 5.24. The maximum absolute atomic E-state index is 11.8. The minimum absolute atomic E-state index is 0.0825. The van der Waals surface area contributed by atoms with Crippen LogP contribution in [0.2, 0.25) is 0 Å². The van der Waals surface area contributed by atoms with E-state index in [4.69, 9.17) is 4.74 Å². The van der Waals surface area contributed by atoms with Crippen LogP contribution in [0.1, 0.15) is 0 Å². The average Bonchev–Trinajstić information content (AvgIpc) is 2.60. The lowest BCUT2D eigenvalue weighted by molar-refractivity contribution is -0.385. The fourth-order valence-corrected chi connectivity index (χ4v) is 2.10. The number of benzene rings is 2. The van der Waals surface area contributed by atoms with E-state index in [9.17, 15) is 14.9 Å². The van der Waals surface area contributed by atoms with Crippen LogP contribution in [0.15, 0.2) is 54.6 Å². The van der Waals surface area contributed by atoms with Gasteiger partial charge in [-0.15, -0.1) is 0 Å². The third-order valence-electron chi connectivity index (χ3n) is 3.39. The first-order valence-electron chi connectivity index (χ1n) is 7.47. The molecule has 0 heterocycles. The van der Waals surface area contributed by atoms with Crippen LogP contribution in [0.3, 0.4) is 0 Å². The van der Waals surface area contributed by atoms with Gasteiger partial charge in [0.1, 0.15) is 0 Å². The first-order valence-corrected chi connectivity index (χ1v) is 7.47. The summed E-state index contributed by atoms with van der Waals surface area (Å²) in [6.07, 6.45) is 0. The van der Waals surface area contributed by atoms with E-state index in [1.165, 1.54) is 12.1 Å². The number of para-hydroxylation sites is 3. The van der Waals surface area contributed by atoms with Gasteiger partial charge in [-0.25, -0.2) is 0 Å². The molecule has 0 saturated carbocycles. The standard InChI is InChI=1S/C17H19N3O4/c1-19(14-7-3-2-4-8-14)12-11-18-17(21)13-24-16-10-6-5-9-15(16)20(22)23/h2-10H,11-13H2,1H3,(H,18,21). The molecular formula is C17H19N3O4. The van der Waals surface area contributed by atoms with E-state index in [1.54, 1.807) is 12.1 Å². The summed E-state index contributed by atoms with van der Waals surface area (Å²) >= 11 is 0. The van der Waals surface area contributed by atoms with Gasteiger partial charge in [-0.05, 0) is 18.2 Å². The van der Waals surface area contributed by atoms with Gasteiger partial charge in [-0.1, -0.05) is 30.3 Å². The number of nitro benzene ring substituents is 1. The highest BCUT2D eigenvalue weighted by molar-refractivity contribution is 5.77. The molecule has 7 nitrogen and oxygen atoms in total. The van der Waals surface area contributed by atoms with Crippen molar-refractivity contribution in [2.45, 2.75) is 0 Å². The largest absolute Gasteiger partial charge is 0.477 e. The van der Waals surface area contributed by atoms with E-state index in [0.29, 0.717) is 13.1 Å². The van der Waals surface area contributed by atoms with Crippen LogP contribution in [0.25, 0.3) is 0 Å². The second-order valence-electron chi connectivity index (χ2n) is 5.12. The third-order valence-corrected chi connectivity index (χ3v) is 3.39. The molecule has 126 valence electrons. The van der Waals surface area contributed by atoms with Crippen molar-refractivity contribution in [3.05, 3.63) is 64.7 Å². The van der Waals surface area contributed by atoms with Crippen molar-refractivity contribution in [3.8, 4) is 5.75 Å². The number of nitrogens with one attached hydrogen (secondary N) is 1. The monoisotopic (exact) mass is 329 g/mol. The zero-order valence-corrected chi connectivity index (χ0v) is 13.3. The van der Waals surface area contributed by atoms with Crippen LogP contribution in [-0.2, 0) is 4.79 Å². The van der Waals surface area contributed by atoms with Crippen molar-refractivity contribution < 1.29 is 14.5 Å². The summed E-state index contributed by atoms with van der Waals surface area (Å²) in [4.78, 5) is 24.1. The number of hydrogen-bond donors (Lipinski definition) is 1. The first kappa shape index (κ1) is 17.3. The van der Waals surface area contributed by atoms with Crippen LogP contribution in [-0.4, -0.2) is 37.6 Å². The molecule has 2 rings (SSSR count). The highest BCUT2D eigenvalue weighted by atomic mass is 16.6. The molecule has 7 heteroatoms. The quantitative estimate of drug-likeness (QED) is 0.593. The summed E-state index contributed by atoms with van der Waals surface area (Å²) in [6, 6.07) is 15.8. The summed E-state index contributed by atoms with van der Waals surface area (Å²) in [5.74, 6) is -0.242. The van der Waals surface area contributed by atoms with E-state index in [1.807, 2.05) is 42.3 Å². The molecule has 0 atom stereocenters. The Kier molecular flexibility index (Phi) is 6.13. The Morgan fingerprint density at radius 2 is 1.83 bits per heavy atom. The molecule has 0 bridgehead atoms. The van der Waals surface area contributed by atoms with E-state index in [2.05, 4.69) is 5.32 Å². The molecule has 24 heavy (non-hydrogen) atoms. The Balaban J connectivity index is 1.75. The minimum atomic E-state index is -0.540. The second-order valence-corrected chi connectivity index (χ2v) is 5.12. The molecule has 0 spiro atoms. The van der Waals surface area contributed by atoms with E-state index >= 15 is 0 Å². The van der Waals surface area contributed by atoms with Crippen molar-refractivity contribution in [2.24, 2.45) is 0 Å². The molecule has 0 unspecified atom stereocenters. The molecule has 2 aromatic carbocycles. The maximum atomic E-state index is 11.8. The number of hydrogen-bond acceptors (Lipinski definition) is 5. The van der Waals surface area contributed by atoms with E-state index in [0.717, 1.165) is 5.69 Å². The number of rotatable bonds is 8. The van der Waals surface area contributed by atoms with Gasteiger partial charge in [-0.2, -0.15) is 0 Å². The Labute approximate surface area is 140 Å². The van der Waals surface area contributed by atoms with E-state index < -0.39 is 4.92 Å².